The Morgan fingerprint density at radius 3 is 2.89 bits per heavy atom. The molecule has 4 heteroatoms. The molecule has 1 atom stereocenters. The Morgan fingerprint density at radius 2 is 2.17 bits per heavy atom. The minimum absolute atomic E-state index is 0.164. The minimum Gasteiger partial charge on any atom is -0.462 e. The molecule has 0 aliphatic carbocycles. The van der Waals surface area contributed by atoms with Gasteiger partial charge in [0, 0.05) is 12.1 Å². The van der Waals surface area contributed by atoms with Crippen molar-refractivity contribution in [2.24, 2.45) is 0 Å². The van der Waals surface area contributed by atoms with Gasteiger partial charge in [-0.15, -0.1) is 0 Å². The van der Waals surface area contributed by atoms with Gasteiger partial charge in [-0.2, -0.15) is 0 Å². The zero-order valence-corrected chi connectivity index (χ0v) is 10.8. The SMILES string of the molecule is CC(C)OCCOC(=O)C1Cc2ccccc2N1. The third-order valence-electron chi connectivity index (χ3n) is 2.83. The van der Waals surface area contributed by atoms with E-state index < -0.39 is 0 Å². The Balaban J connectivity index is 1.76. The van der Waals surface area contributed by atoms with Crippen LogP contribution in [0.5, 0.6) is 0 Å². The van der Waals surface area contributed by atoms with Gasteiger partial charge in [-0.3, -0.25) is 0 Å². The van der Waals surface area contributed by atoms with Gasteiger partial charge < -0.3 is 14.8 Å². The quantitative estimate of drug-likeness (QED) is 0.640. The third kappa shape index (κ3) is 3.23. The molecule has 0 spiro atoms. The summed E-state index contributed by atoms with van der Waals surface area (Å²) >= 11 is 0. The first kappa shape index (κ1) is 12.9. The van der Waals surface area contributed by atoms with E-state index in [2.05, 4.69) is 5.32 Å². The number of anilines is 1. The van der Waals surface area contributed by atoms with E-state index in [4.69, 9.17) is 9.47 Å². The van der Waals surface area contributed by atoms with Crippen LogP contribution >= 0.6 is 0 Å². The standard InChI is InChI=1S/C14H19NO3/c1-10(2)17-7-8-18-14(16)13-9-11-5-3-4-6-12(11)15-13/h3-6,10,13,15H,7-9H2,1-2H3. The maximum atomic E-state index is 11.8. The second-order valence-electron chi connectivity index (χ2n) is 4.65. The molecule has 1 aliphatic heterocycles. The second-order valence-corrected chi connectivity index (χ2v) is 4.65. The Labute approximate surface area is 107 Å². The highest BCUT2D eigenvalue weighted by Gasteiger charge is 2.27. The highest BCUT2D eigenvalue weighted by molar-refractivity contribution is 5.82. The van der Waals surface area contributed by atoms with E-state index >= 15 is 0 Å². The number of ether oxygens (including phenoxy) is 2. The first-order valence-electron chi connectivity index (χ1n) is 6.29. The summed E-state index contributed by atoms with van der Waals surface area (Å²) in [6, 6.07) is 7.67. The molecule has 1 aromatic carbocycles. The van der Waals surface area contributed by atoms with E-state index in [1.807, 2.05) is 38.1 Å². The van der Waals surface area contributed by atoms with Gasteiger partial charge in [0.15, 0.2) is 0 Å². The summed E-state index contributed by atoms with van der Waals surface area (Å²) in [5.74, 6) is -0.210. The number of benzene rings is 1. The van der Waals surface area contributed by atoms with Crippen molar-refractivity contribution in [3.63, 3.8) is 0 Å². The fourth-order valence-electron chi connectivity index (χ4n) is 1.97. The fourth-order valence-corrected chi connectivity index (χ4v) is 1.97. The number of esters is 1. The molecule has 2 rings (SSSR count). The predicted octanol–water partition coefficient (Wildman–Crippen LogP) is 1.99. The van der Waals surface area contributed by atoms with Crippen LogP contribution < -0.4 is 5.32 Å². The summed E-state index contributed by atoms with van der Waals surface area (Å²) in [4.78, 5) is 11.8. The van der Waals surface area contributed by atoms with E-state index in [1.54, 1.807) is 0 Å². The average molecular weight is 249 g/mol. The number of carbonyl (C=O) groups is 1. The zero-order chi connectivity index (χ0) is 13.0. The molecule has 0 radical (unpaired) electrons. The second kappa shape index (κ2) is 5.87. The zero-order valence-electron chi connectivity index (χ0n) is 10.8. The number of rotatable bonds is 5. The largest absolute Gasteiger partial charge is 0.462 e. The van der Waals surface area contributed by atoms with Crippen molar-refractivity contribution in [3.8, 4) is 0 Å². The summed E-state index contributed by atoms with van der Waals surface area (Å²) in [6.45, 7) is 4.67. The Morgan fingerprint density at radius 1 is 1.39 bits per heavy atom. The molecule has 0 bridgehead atoms. The van der Waals surface area contributed by atoms with Crippen molar-refractivity contribution >= 4 is 11.7 Å². The first-order valence-corrected chi connectivity index (χ1v) is 6.29. The molecule has 1 aliphatic rings. The van der Waals surface area contributed by atoms with Crippen molar-refractivity contribution in [2.45, 2.75) is 32.4 Å². The normalized spacial score (nSPS) is 17.4. The molecule has 0 aromatic heterocycles. The maximum absolute atomic E-state index is 11.8. The van der Waals surface area contributed by atoms with E-state index in [1.165, 1.54) is 0 Å². The van der Waals surface area contributed by atoms with Crippen molar-refractivity contribution in [1.29, 1.82) is 0 Å². The lowest BCUT2D eigenvalue weighted by Crippen LogP contribution is -2.30. The molecule has 1 aromatic rings. The summed E-state index contributed by atoms with van der Waals surface area (Å²) in [6.07, 6.45) is 0.859. The number of para-hydroxylation sites is 1. The summed E-state index contributed by atoms with van der Waals surface area (Å²) in [5.41, 5.74) is 2.19. The van der Waals surface area contributed by atoms with Crippen molar-refractivity contribution in [3.05, 3.63) is 29.8 Å². The van der Waals surface area contributed by atoms with Crippen LogP contribution in [0.2, 0.25) is 0 Å². The molecular weight excluding hydrogens is 230 g/mol. The lowest BCUT2D eigenvalue weighted by atomic mass is 10.1. The van der Waals surface area contributed by atoms with E-state index in [-0.39, 0.29) is 18.1 Å². The number of nitrogens with one attached hydrogen (secondary N) is 1. The van der Waals surface area contributed by atoms with Gasteiger partial charge in [0.1, 0.15) is 12.6 Å². The Hall–Kier alpha value is -1.55. The van der Waals surface area contributed by atoms with Gasteiger partial charge in [0.25, 0.3) is 0 Å². The van der Waals surface area contributed by atoms with Crippen LogP contribution in [0.25, 0.3) is 0 Å². The summed E-state index contributed by atoms with van der Waals surface area (Å²) in [7, 11) is 0. The smallest absolute Gasteiger partial charge is 0.328 e. The molecule has 4 nitrogen and oxygen atoms in total. The molecule has 1 unspecified atom stereocenters. The highest BCUT2D eigenvalue weighted by atomic mass is 16.6. The van der Waals surface area contributed by atoms with Crippen molar-refractivity contribution in [1.82, 2.24) is 0 Å². The number of fused-ring (bicyclic) bond motifs is 1. The van der Waals surface area contributed by atoms with Gasteiger partial charge in [-0.1, -0.05) is 18.2 Å². The molecule has 0 saturated carbocycles. The van der Waals surface area contributed by atoms with Crippen LogP contribution in [-0.2, 0) is 20.7 Å². The van der Waals surface area contributed by atoms with Crippen molar-refractivity contribution in [2.75, 3.05) is 18.5 Å². The van der Waals surface area contributed by atoms with Gasteiger partial charge in [0.2, 0.25) is 0 Å². The number of hydrogen-bond donors (Lipinski definition) is 1. The number of carbonyl (C=O) groups excluding carboxylic acids is 1. The molecule has 98 valence electrons. The monoisotopic (exact) mass is 249 g/mol. The van der Waals surface area contributed by atoms with E-state index in [9.17, 15) is 4.79 Å². The third-order valence-corrected chi connectivity index (χ3v) is 2.83. The predicted molar refractivity (Wildman–Crippen MR) is 69.6 cm³/mol. The number of hydrogen-bond acceptors (Lipinski definition) is 4. The fraction of sp³-hybridized carbons (Fsp3) is 0.500. The Bertz CT molecular complexity index is 392. The highest BCUT2D eigenvalue weighted by Crippen LogP contribution is 2.25. The maximum Gasteiger partial charge on any atom is 0.328 e. The minimum atomic E-state index is -0.263. The lowest BCUT2D eigenvalue weighted by molar-refractivity contribution is -0.146. The van der Waals surface area contributed by atoms with Gasteiger partial charge in [-0.05, 0) is 25.5 Å². The van der Waals surface area contributed by atoms with Gasteiger partial charge >= 0.3 is 5.97 Å². The van der Waals surface area contributed by atoms with Crippen LogP contribution in [0, 0.1) is 0 Å². The first-order chi connectivity index (χ1) is 8.66. The van der Waals surface area contributed by atoms with Crippen LogP contribution in [-0.4, -0.2) is 31.3 Å². The van der Waals surface area contributed by atoms with E-state index in [0.29, 0.717) is 19.6 Å². The van der Waals surface area contributed by atoms with Crippen LogP contribution in [0.4, 0.5) is 5.69 Å². The summed E-state index contributed by atoms with van der Waals surface area (Å²) < 4.78 is 10.5. The van der Waals surface area contributed by atoms with Gasteiger partial charge in [0.05, 0.1) is 12.7 Å². The topological polar surface area (TPSA) is 47.6 Å². The summed E-state index contributed by atoms with van der Waals surface area (Å²) in [5, 5.41) is 3.17. The van der Waals surface area contributed by atoms with Crippen LogP contribution in [0.3, 0.4) is 0 Å². The Kier molecular flexibility index (Phi) is 4.20. The van der Waals surface area contributed by atoms with Gasteiger partial charge in [-0.25, -0.2) is 4.79 Å². The molecule has 18 heavy (non-hydrogen) atoms. The lowest BCUT2D eigenvalue weighted by Gasteiger charge is -2.12. The molecule has 0 amide bonds. The van der Waals surface area contributed by atoms with Crippen molar-refractivity contribution < 1.29 is 14.3 Å². The van der Waals surface area contributed by atoms with E-state index in [0.717, 1.165) is 11.3 Å². The molecule has 1 N–H and O–H groups in total. The van der Waals surface area contributed by atoms with Crippen LogP contribution in [0.15, 0.2) is 24.3 Å². The molecule has 0 fully saturated rings. The average Bonchev–Trinajstić information content (AvgIpc) is 2.78. The molecular formula is C14H19NO3. The van der Waals surface area contributed by atoms with Crippen LogP contribution in [0.1, 0.15) is 19.4 Å². The molecule has 1 heterocycles. The molecule has 0 saturated heterocycles.